The van der Waals surface area contributed by atoms with Gasteiger partial charge in [0.15, 0.2) is 15.5 Å². The normalized spacial score (nSPS) is 21.2. The molecule has 106 valence electrons. The van der Waals surface area contributed by atoms with Gasteiger partial charge in [0.2, 0.25) is 0 Å². The molecule has 1 aromatic heterocycles. The first-order valence-electron chi connectivity index (χ1n) is 6.10. The van der Waals surface area contributed by atoms with E-state index >= 15 is 0 Å². The van der Waals surface area contributed by atoms with Crippen LogP contribution in [0.25, 0.3) is 0 Å². The van der Waals surface area contributed by atoms with E-state index in [0.29, 0.717) is 24.4 Å². The average Bonchev–Trinajstić information content (AvgIpc) is 2.93. The van der Waals surface area contributed by atoms with Crippen LogP contribution in [0.5, 0.6) is 0 Å². The third-order valence-electron chi connectivity index (χ3n) is 2.99. The molecule has 1 aliphatic rings. The highest BCUT2D eigenvalue weighted by Gasteiger charge is 2.31. The Bertz CT molecular complexity index is 553. The van der Waals surface area contributed by atoms with Crippen molar-refractivity contribution in [2.24, 2.45) is 0 Å². The van der Waals surface area contributed by atoms with E-state index in [4.69, 9.17) is 4.74 Å². The summed E-state index contributed by atoms with van der Waals surface area (Å²) in [6, 6.07) is 0. The third kappa shape index (κ3) is 3.24. The molecule has 2 rings (SSSR count). The van der Waals surface area contributed by atoms with E-state index < -0.39 is 15.8 Å². The number of nitrogens with zero attached hydrogens (tertiary/aromatic N) is 1. The smallest absolute Gasteiger partial charge is 0.360 e. The van der Waals surface area contributed by atoms with Crippen LogP contribution in [0, 0.1) is 0 Å². The van der Waals surface area contributed by atoms with Crippen LogP contribution in [0.3, 0.4) is 0 Å². The zero-order chi connectivity index (χ0) is 13.9. The monoisotopic (exact) mass is 304 g/mol. The lowest BCUT2D eigenvalue weighted by Crippen LogP contribution is -2.25. The fraction of sp³-hybridized carbons (Fsp3) is 0.636. The van der Waals surface area contributed by atoms with E-state index in [1.165, 1.54) is 16.8 Å². The van der Waals surface area contributed by atoms with Gasteiger partial charge < -0.3 is 10.1 Å². The number of hydrogen-bond acceptors (Lipinski definition) is 7. The summed E-state index contributed by atoms with van der Waals surface area (Å²) in [5.41, 5.74) is 1.76. The number of carbonyl (C=O) groups excluding carboxylic acids is 1. The third-order valence-corrected chi connectivity index (χ3v) is 6.05. The van der Waals surface area contributed by atoms with E-state index in [-0.39, 0.29) is 23.3 Å². The van der Waals surface area contributed by atoms with Crippen LogP contribution in [0.4, 0.5) is 5.00 Å². The van der Waals surface area contributed by atoms with E-state index in [1.807, 2.05) is 0 Å². The molecule has 1 saturated heterocycles. The van der Waals surface area contributed by atoms with Crippen LogP contribution in [-0.4, -0.2) is 43.5 Å². The molecule has 0 saturated carbocycles. The summed E-state index contributed by atoms with van der Waals surface area (Å²) in [7, 11) is -2.98. The van der Waals surface area contributed by atoms with E-state index in [0.717, 1.165) is 0 Å². The number of ether oxygens (including phenoxy) is 1. The van der Waals surface area contributed by atoms with E-state index in [2.05, 4.69) is 10.3 Å². The van der Waals surface area contributed by atoms with Gasteiger partial charge in [-0.15, -0.1) is 11.3 Å². The molecule has 0 amide bonds. The molecule has 1 aromatic rings. The van der Waals surface area contributed by atoms with Crippen molar-refractivity contribution in [1.29, 1.82) is 0 Å². The van der Waals surface area contributed by atoms with Gasteiger partial charge in [0.25, 0.3) is 0 Å². The van der Waals surface area contributed by atoms with Gasteiger partial charge in [0.1, 0.15) is 5.00 Å². The van der Waals surface area contributed by atoms with Crippen molar-refractivity contribution in [3.05, 3.63) is 11.2 Å². The molecule has 0 radical (unpaired) electrons. The van der Waals surface area contributed by atoms with E-state index in [9.17, 15) is 13.2 Å². The zero-order valence-electron chi connectivity index (χ0n) is 10.6. The van der Waals surface area contributed by atoms with Gasteiger partial charge in [0, 0.05) is 6.54 Å². The number of anilines is 1. The maximum absolute atomic E-state index is 11.7. The predicted octanol–water partition coefficient (Wildman–Crippen LogP) is 1.31. The second-order valence-corrected chi connectivity index (χ2v) is 7.52. The van der Waals surface area contributed by atoms with Crippen molar-refractivity contribution < 1.29 is 17.9 Å². The first-order valence-corrected chi connectivity index (χ1v) is 8.70. The molecule has 0 aliphatic carbocycles. The summed E-state index contributed by atoms with van der Waals surface area (Å²) in [4.78, 5) is 15.6. The number of carbonyl (C=O) groups is 1. The molecular formula is C11H16N2O4S2. The summed E-state index contributed by atoms with van der Waals surface area (Å²) in [6.07, 6.45) is 1.38. The Morgan fingerprint density at radius 3 is 3.05 bits per heavy atom. The molecule has 0 spiro atoms. The molecule has 8 heteroatoms. The minimum Gasteiger partial charge on any atom is -0.461 e. The quantitative estimate of drug-likeness (QED) is 0.826. The lowest BCUT2D eigenvalue weighted by Gasteiger charge is -2.11. The van der Waals surface area contributed by atoms with Gasteiger partial charge in [-0.25, -0.2) is 18.2 Å². The second kappa shape index (κ2) is 5.87. The van der Waals surface area contributed by atoms with Gasteiger partial charge in [-0.3, -0.25) is 0 Å². The highest BCUT2D eigenvalue weighted by molar-refractivity contribution is 7.92. The standard InChI is InChI=1S/C11H16N2O4S2/c1-2-17-11(14)9-10(18-7-13-9)12-6-8-4-3-5-19(8,15)16/h7-8,12H,2-6H2,1H3. The molecule has 1 aliphatic heterocycles. The van der Waals surface area contributed by atoms with Crippen molar-refractivity contribution in [2.75, 3.05) is 24.2 Å². The van der Waals surface area contributed by atoms with Crippen LogP contribution in [0.1, 0.15) is 30.3 Å². The van der Waals surface area contributed by atoms with Gasteiger partial charge in [-0.2, -0.15) is 0 Å². The van der Waals surface area contributed by atoms with Gasteiger partial charge in [0.05, 0.1) is 23.1 Å². The van der Waals surface area contributed by atoms with E-state index in [1.54, 1.807) is 6.92 Å². The fourth-order valence-corrected chi connectivity index (χ4v) is 4.45. The van der Waals surface area contributed by atoms with Gasteiger partial charge >= 0.3 is 5.97 Å². The second-order valence-electron chi connectivity index (χ2n) is 4.26. The number of aromatic nitrogens is 1. The lowest BCUT2D eigenvalue weighted by atomic mass is 10.2. The Kier molecular flexibility index (Phi) is 4.41. The van der Waals surface area contributed by atoms with Crippen LogP contribution >= 0.6 is 11.3 Å². The summed E-state index contributed by atoms with van der Waals surface area (Å²) in [5.74, 6) is -0.229. The molecule has 0 bridgehead atoms. The lowest BCUT2D eigenvalue weighted by molar-refractivity contribution is 0.0521. The summed E-state index contributed by atoms with van der Waals surface area (Å²) < 4.78 is 28.3. The Labute approximate surface area is 116 Å². The van der Waals surface area contributed by atoms with Crippen molar-refractivity contribution in [3.63, 3.8) is 0 Å². The molecule has 1 N–H and O–H groups in total. The topological polar surface area (TPSA) is 85.4 Å². The number of esters is 1. The number of sulfone groups is 1. The summed E-state index contributed by atoms with van der Waals surface area (Å²) >= 11 is 1.27. The molecule has 0 aromatic carbocycles. The van der Waals surface area contributed by atoms with Gasteiger partial charge in [-0.1, -0.05) is 0 Å². The molecule has 19 heavy (non-hydrogen) atoms. The molecular weight excluding hydrogens is 288 g/mol. The SMILES string of the molecule is CCOC(=O)c1ncsc1NCC1CCCS1(=O)=O. The highest BCUT2D eigenvalue weighted by Crippen LogP contribution is 2.24. The number of rotatable bonds is 5. The van der Waals surface area contributed by atoms with Crippen LogP contribution in [-0.2, 0) is 14.6 Å². The maximum Gasteiger partial charge on any atom is 0.360 e. The first kappa shape index (κ1) is 14.3. The molecule has 1 fully saturated rings. The summed E-state index contributed by atoms with van der Waals surface area (Å²) in [5, 5.41) is 3.21. The van der Waals surface area contributed by atoms with Crippen molar-refractivity contribution in [2.45, 2.75) is 25.0 Å². The Hall–Kier alpha value is -1.15. The van der Waals surface area contributed by atoms with Crippen LogP contribution in [0.2, 0.25) is 0 Å². The largest absolute Gasteiger partial charge is 0.461 e. The molecule has 1 atom stereocenters. The van der Waals surface area contributed by atoms with Gasteiger partial charge in [-0.05, 0) is 19.8 Å². The van der Waals surface area contributed by atoms with Crippen LogP contribution < -0.4 is 5.32 Å². The number of nitrogens with one attached hydrogen (secondary N) is 1. The average molecular weight is 304 g/mol. The van der Waals surface area contributed by atoms with Crippen LogP contribution in [0.15, 0.2) is 5.51 Å². The fourth-order valence-electron chi connectivity index (χ4n) is 2.01. The van der Waals surface area contributed by atoms with Crippen molar-refractivity contribution >= 4 is 32.1 Å². The first-order chi connectivity index (χ1) is 9.04. The minimum absolute atomic E-state index is 0.224. The minimum atomic E-state index is -2.98. The summed E-state index contributed by atoms with van der Waals surface area (Å²) in [6.45, 7) is 2.33. The Morgan fingerprint density at radius 2 is 2.42 bits per heavy atom. The molecule has 1 unspecified atom stereocenters. The maximum atomic E-state index is 11.7. The highest BCUT2D eigenvalue weighted by atomic mass is 32.2. The molecule has 2 heterocycles. The van der Waals surface area contributed by atoms with Crippen molar-refractivity contribution in [1.82, 2.24) is 4.98 Å². The zero-order valence-corrected chi connectivity index (χ0v) is 12.2. The number of hydrogen-bond donors (Lipinski definition) is 1. The Morgan fingerprint density at radius 1 is 1.63 bits per heavy atom. The Balaban J connectivity index is 2.01. The molecule has 6 nitrogen and oxygen atoms in total. The number of thiazole rings is 1. The predicted molar refractivity (Wildman–Crippen MR) is 73.4 cm³/mol. The van der Waals surface area contributed by atoms with Crippen molar-refractivity contribution in [3.8, 4) is 0 Å².